The minimum atomic E-state index is -3.41. The Balaban J connectivity index is 2.38. The topological polar surface area (TPSA) is 94.9 Å². The molecule has 1 heterocycles. The van der Waals surface area contributed by atoms with Crippen LogP contribution in [0.3, 0.4) is 0 Å². The first-order chi connectivity index (χ1) is 9.32. The summed E-state index contributed by atoms with van der Waals surface area (Å²) in [6.45, 7) is 0.288. The molecular formula is C12H15NO5S2. The first-order valence-electron chi connectivity index (χ1n) is 5.91. The van der Waals surface area contributed by atoms with Gasteiger partial charge in [0.2, 0.25) is 0 Å². The number of phenolic OH excluding ortho intramolecular Hbond substituents is 2. The molecule has 1 aliphatic rings. The molecule has 6 nitrogen and oxygen atoms in total. The Morgan fingerprint density at radius 3 is 2.75 bits per heavy atom. The van der Waals surface area contributed by atoms with Crippen molar-refractivity contribution in [1.29, 1.82) is 0 Å². The highest BCUT2D eigenvalue weighted by atomic mass is 32.2. The third-order valence-electron chi connectivity index (χ3n) is 3.08. The number of nitrogens with zero attached hydrogens (tertiary/aromatic N) is 1. The van der Waals surface area contributed by atoms with Gasteiger partial charge < -0.3 is 15.1 Å². The number of carbonyl (C=O) groups is 1. The standard InChI is InChI=1S/C12H15NO5S2/c1-20(17,18)10-7-19-6-5-13(10)12(16)8-3-2-4-9(14)11(8)15/h2-4,10,14-15H,5-7H2,1H3. The van der Waals surface area contributed by atoms with E-state index in [0.717, 1.165) is 6.26 Å². The Kier molecular flexibility index (Phi) is 4.14. The molecule has 1 atom stereocenters. The second kappa shape index (κ2) is 5.53. The number of phenols is 2. The largest absolute Gasteiger partial charge is 0.504 e. The molecule has 0 aromatic heterocycles. The molecule has 1 aromatic carbocycles. The van der Waals surface area contributed by atoms with Gasteiger partial charge in [-0.2, -0.15) is 11.8 Å². The fraction of sp³-hybridized carbons (Fsp3) is 0.417. The third-order valence-corrected chi connectivity index (χ3v) is 5.73. The van der Waals surface area contributed by atoms with E-state index in [-0.39, 0.29) is 12.1 Å². The van der Waals surface area contributed by atoms with Gasteiger partial charge in [-0.1, -0.05) is 6.07 Å². The zero-order valence-electron chi connectivity index (χ0n) is 10.8. The van der Waals surface area contributed by atoms with E-state index in [2.05, 4.69) is 0 Å². The van der Waals surface area contributed by atoms with Crippen molar-refractivity contribution in [2.45, 2.75) is 5.37 Å². The summed E-state index contributed by atoms with van der Waals surface area (Å²) in [6, 6.07) is 4.04. The maximum Gasteiger partial charge on any atom is 0.258 e. The molecule has 0 saturated carbocycles. The van der Waals surface area contributed by atoms with Gasteiger partial charge in [0.15, 0.2) is 21.3 Å². The molecule has 8 heteroatoms. The maximum absolute atomic E-state index is 12.4. The number of aromatic hydroxyl groups is 2. The van der Waals surface area contributed by atoms with E-state index in [0.29, 0.717) is 11.5 Å². The van der Waals surface area contributed by atoms with E-state index in [1.807, 2.05) is 0 Å². The second-order valence-corrected chi connectivity index (χ2v) is 7.88. The quantitative estimate of drug-likeness (QED) is 0.778. The van der Waals surface area contributed by atoms with Crippen molar-refractivity contribution >= 4 is 27.5 Å². The average molecular weight is 317 g/mol. The number of hydrogen-bond acceptors (Lipinski definition) is 6. The number of amides is 1. The Hall–Kier alpha value is -1.41. The van der Waals surface area contributed by atoms with Crippen LogP contribution in [0, 0.1) is 0 Å². The van der Waals surface area contributed by atoms with Crippen LogP contribution in [0.15, 0.2) is 18.2 Å². The van der Waals surface area contributed by atoms with Gasteiger partial charge in [-0.3, -0.25) is 4.79 Å². The van der Waals surface area contributed by atoms with Gasteiger partial charge in [-0.15, -0.1) is 0 Å². The minimum Gasteiger partial charge on any atom is -0.504 e. The van der Waals surface area contributed by atoms with E-state index >= 15 is 0 Å². The summed E-state index contributed by atoms with van der Waals surface area (Å²) < 4.78 is 23.5. The van der Waals surface area contributed by atoms with Crippen molar-refractivity contribution in [2.75, 3.05) is 24.3 Å². The number of thioether (sulfide) groups is 1. The summed E-state index contributed by atoms with van der Waals surface area (Å²) in [5, 5.41) is 18.3. The second-order valence-electron chi connectivity index (χ2n) is 4.53. The molecule has 1 amide bonds. The SMILES string of the molecule is CS(=O)(=O)C1CSCCN1C(=O)c1cccc(O)c1O. The summed E-state index contributed by atoms with van der Waals surface area (Å²) in [5.74, 6) is -0.572. The lowest BCUT2D eigenvalue weighted by Crippen LogP contribution is -2.49. The van der Waals surface area contributed by atoms with Crippen molar-refractivity contribution < 1.29 is 23.4 Å². The summed E-state index contributed by atoms with van der Waals surface area (Å²) in [4.78, 5) is 13.6. The summed E-state index contributed by atoms with van der Waals surface area (Å²) in [7, 11) is -3.41. The molecule has 2 rings (SSSR count). The fourth-order valence-electron chi connectivity index (χ4n) is 2.03. The Labute approximate surface area is 121 Å². The third kappa shape index (κ3) is 2.85. The van der Waals surface area contributed by atoms with E-state index in [1.165, 1.54) is 34.9 Å². The first-order valence-corrected chi connectivity index (χ1v) is 9.02. The van der Waals surface area contributed by atoms with Gasteiger partial charge in [0.25, 0.3) is 5.91 Å². The highest BCUT2D eigenvalue weighted by molar-refractivity contribution is 8.00. The Bertz CT molecular complexity index is 629. The van der Waals surface area contributed by atoms with Crippen LogP contribution < -0.4 is 0 Å². The van der Waals surface area contributed by atoms with Gasteiger partial charge in [0.1, 0.15) is 5.37 Å². The van der Waals surface area contributed by atoms with Crippen molar-refractivity contribution in [3.8, 4) is 11.5 Å². The maximum atomic E-state index is 12.4. The molecular weight excluding hydrogens is 302 g/mol. The number of para-hydroxylation sites is 1. The van der Waals surface area contributed by atoms with Crippen molar-refractivity contribution in [3.05, 3.63) is 23.8 Å². The number of benzene rings is 1. The van der Waals surface area contributed by atoms with E-state index in [9.17, 15) is 23.4 Å². The van der Waals surface area contributed by atoms with Crippen LogP contribution in [-0.2, 0) is 9.84 Å². The number of carbonyl (C=O) groups excluding carboxylic acids is 1. The van der Waals surface area contributed by atoms with E-state index in [4.69, 9.17) is 0 Å². The molecule has 1 aromatic rings. The highest BCUT2D eigenvalue weighted by Crippen LogP contribution is 2.31. The lowest BCUT2D eigenvalue weighted by atomic mass is 10.1. The van der Waals surface area contributed by atoms with E-state index < -0.39 is 32.6 Å². The molecule has 1 fully saturated rings. The summed E-state index contributed by atoms with van der Waals surface area (Å²) in [5.41, 5.74) is -0.0921. The molecule has 0 bridgehead atoms. The van der Waals surface area contributed by atoms with Crippen molar-refractivity contribution in [1.82, 2.24) is 4.90 Å². The molecule has 110 valence electrons. The molecule has 1 saturated heterocycles. The molecule has 20 heavy (non-hydrogen) atoms. The Morgan fingerprint density at radius 1 is 1.40 bits per heavy atom. The summed E-state index contributed by atoms with van der Waals surface area (Å²) >= 11 is 1.47. The minimum absolute atomic E-state index is 0.0921. The number of rotatable bonds is 2. The Morgan fingerprint density at radius 2 is 2.10 bits per heavy atom. The predicted octanol–water partition coefficient (Wildman–Crippen LogP) is 0.657. The van der Waals surface area contributed by atoms with Gasteiger partial charge >= 0.3 is 0 Å². The lowest BCUT2D eigenvalue weighted by Gasteiger charge is -2.34. The predicted molar refractivity (Wildman–Crippen MR) is 76.8 cm³/mol. The monoisotopic (exact) mass is 317 g/mol. The highest BCUT2D eigenvalue weighted by Gasteiger charge is 2.35. The molecule has 1 unspecified atom stereocenters. The van der Waals surface area contributed by atoms with Gasteiger partial charge in [-0.05, 0) is 12.1 Å². The van der Waals surface area contributed by atoms with Crippen molar-refractivity contribution in [3.63, 3.8) is 0 Å². The first kappa shape index (κ1) is 15.0. The van der Waals surface area contributed by atoms with Crippen LogP contribution >= 0.6 is 11.8 Å². The van der Waals surface area contributed by atoms with Crippen molar-refractivity contribution in [2.24, 2.45) is 0 Å². The van der Waals surface area contributed by atoms with Crippen LogP contribution in [0.5, 0.6) is 11.5 Å². The zero-order valence-corrected chi connectivity index (χ0v) is 12.4. The normalized spacial score (nSPS) is 19.9. The fourth-order valence-corrected chi connectivity index (χ4v) is 4.84. The molecule has 0 radical (unpaired) electrons. The van der Waals surface area contributed by atoms with Crippen LogP contribution in [0.2, 0.25) is 0 Å². The average Bonchev–Trinajstić information content (AvgIpc) is 2.40. The van der Waals surface area contributed by atoms with Crippen LogP contribution in [0.4, 0.5) is 0 Å². The van der Waals surface area contributed by atoms with Gasteiger partial charge in [0.05, 0.1) is 5.56 Å². The van der Waals surface area contributed by atoms with Gasteiger partial charge in [0, 0.05) is 24.3 Å². The summed E-state index contributed by atoms with van der Waals surface area (Å²) in [6.07, 6.45) is 1.09. The lowest BCUT2D eigenvalue weighted by molar-refractivity contribution is 0.0746. The molecule has 0 aliphatic carbocycles. The van der Waals surface area contributed by atoms with Crippen LogP contribution in [0.1, 0.15) is 10.4 Å². The van der Waals surface area contributed by atoms with Gasteiger partial charge in [-0.25, -0.2) is 8.42 Å². The zero-order chi connectivity index (χ0) is 14.9. The number of sulfone groups is 1. The van der Waals surface area contributed by atoms with Crippen LogP contribution in [0.25, 0.3) is 0 Å². The molecule has 0 spiro atoms. The smallest absolute Gasteiger partial charge is 0.258 e. The number of hydrogen-bond donors (Lipinski definition) is 2. The van der Waals surface area contributed by atoms with E-state index in [1.54, 1.807) is 0 Å². The molecule has 1 aliphatic heterocycles. The molecule has 2 N–H and O–H groups in total. The van der Waals surface area contributed by atoms with Crippen LogP contribution in [-0.4, -0.2) is 59.1 Å².